The molecule has 0 aliphatic carbocycles. The Balaban J connectivity index is 1.99. The summed E-state index contributed by atoms with van der Waals surface area (Å²) >= 11 is 0. The molecule has 0 amide bonds. The van der Waals surface area contributed by atoms with E-state index in [9.17, 15) is 14.9 Å². The number of hydrogen-bond acceptors (Lipinski definition) is 4. The van der Waals surface area contributed by atoms with Crippen LogP contribution in [0.15, 0.2) is 78.9 Å². The lowest BCUT2D eigenvalue weighted by Gasteiger charge is -2.11. The number of nitro benzene ring substituents is 1. The van der Waals surface area contributed by atoms with Gasteiger partial charge >= 0.3 is 0 Å². The minimum absolute atomic E-state index is 0.0422. The summed E-state index contributed by atoms with van der Waals surface area (Å²) in [5, 5.41) is 14.2. The molecule has 0 heterocycles. The van der Waals surface area contributed by atoms with E-state index in [0.29, 0.717) is 22.5 Å². The molecule has 0 aliphatic heterocycles. The Kier molecular flexibility index (Phi) is 4.34. The van der Waals surface area contributed by atoms with Crippen LogP contribution in [0.2, 0.25) is 0 Å². The predicted molar refractivity (Wildman–Crippen MR) is 92.7 cm³/mol. The van der Waals surface area contributed by atoms with E-state index < -0.39 is 4.92 Å². The third kappa shape index (κ3) is 3.15. The molecule has 0 atom stereocenters. The summed E-state index contributed by atoms with van der Waals surface area (Å²) in [5.74, 6) is -0.141. The van der Waals surface area contributed by atoms with Crippen LogP contribution in [0.1, 0.15) is 15.9 Å². The minimum Gasteiger partial charge on any atom is -0.349 e. The van der Waals surface area contributed by atoms with E-state index in [1.807, 2.05) is 6.07 Å². The molecule has 0 fully saturated rings. The van der Waals surface area contributed by atoms with E-state index in [2.05, 4.69) is 5.32 Å². The van der Waals surface area contributed by atoms with E-state index in [1.54, 1.807) is 66.7 Å². The Morgan fingerprint density at radius 3 is 2.08 bits per heavy atom. The normalized spacial score (nSPS) is 10.2. The summed E-state index contributed by atoms with van der Waals surface area (Å²) in [4.78, 5) is 23.4. The van der Waals surface area contributed by atoms with E-state index in [1.165, 1.54) is 6.07 Å². The molecule has 0 saturated heterocycles. The van der Waals surface area contributed by atoms with Gasteiger partial charge in [0.25, 0.3) is 5.69 Å². The van der Waals surface area contributed by atoms with E-state index in [4.69, 9.17) is 0 Å². The Bertz CT molecular complexity index is 892. The van der Waals surface area contributed by atoms with Crippen molar-refractivity contribution in [3.63, 3.8) is 0 Å². The summed E-state index contributed by atoms with van der Waals surface area (Å²) < 4.78 is 0. The number of ketones is 1. The van der Waals surface area contributed by atoms with Gasteiger partial charge in [-0.3, -0.25) is 14.9 Å². The molecule has 0 saturated carbocycles. The van der Waals surface area contributed by atoms with Crippen LogP contribution in [-0.4, -0.2) is 10.7 Å². The van der Waals surface area contributed by atoms with Gasteiger partial charge in [0.1, 0.15) is 5.69 Å². The Morgan fingerprint density at radius 1 is 0.792 bits per heavy atom. The molecule has 1 N–H and O–H groups in total. The van der Waals surface area contributed by atoms with E-state index >= 15 is 0 Å². The first-order valence-electron chi connectivity index (χ1n) is 7.36. The average Bonchev–Trinajstić information content (AvgIpc) is 2.62. The van der Waals surface area contributed by atoms with Crippen molar-refractivity contribution in [2.24, 2.45) is 0 Å². The van der Waals surface area contributed by atoms with Gasteiger partial charge in [0, 0.05) is 22.9 Å². The number of rotatable bonds is 5. The van der Waals surface area contributed by atoms with Gasteiger partial charge in [0.2, 0.25) is 0 Å². The number of carbonyl (C=O) groups is 1. The van der Waals surface area contributed by atoms with Crippen LogP contribution in [-0.2, 0) is 0 Å². The van der Waals surface area contributed by atoms with Crippen LogP contribution in [0.25, 0.3) is 0 Å². The summed E-state index contributed by atoms with van der Waals surface area (Å²) in [7, 11) is 0. The van der Waals surface area contributed by atoms with Crippen molar-refractivity contribution >= 4 is 22.8 Å². The predicted octanol–water partition coefficient (Wildman–Crippen LogP) is 4.57. The number of nitrogens with one attached hydrogen (secondary N) is 1. The second-order valence-corrected chi connectivity index (χ2v) is 5.14. The fraction of sp³-hybridized carbons (Fsp3) is 0. The van der Waals surface area contributed by atoms with Crippen molar-refractivity contribution in [2.75, 3.05) is 5.32 Å². The number of anilines is 2. The highest BCUT2D eigenvalue weighted by Gasteiger charge is 2.17. The number of benzene rings is 3. The van der Waals surface area contributed by atoms with Crippen LogP contribution < -0.4 is 5.32 Å². The lowest BCUT2D eigenvalue weighted by molar-refractivity contribution is -0.383. The molecule has 3 aromatic rings. The first-order chi connectivity index (χ1) is 11.7. The maximum atomic E-state index is 12.7. The maximum absolute atomic E-state index is 12.7. The van der Waals surface area contributed by atoms with Gasteiger partial charge in [-0.15, -0.1) is 0 Å². The smallest absolute Gasteiger partial charge is 0.292 e. The molecule has 118 valence electrons. The highest BCUT2D eigenvalue weighted by atomic mass is 16.6. The molecule has 3 aromatic carbocycles. The summed E-state index contributed by atoms with van der Waals surface area (Å²) in [5.41, 5.74) is 1.85. The quantitative estimate of drug-likeness (QED) is 0.425. The van der Waals surface area contributed by atoms with Crippen molar-refractivity contribution in [1.82, 2.24) is 0 Å². The SMILES string of the molecule is O=C(c1ccccc1)c1ccccc1Nc1ccccc1[N+](=O)[O-]. The van der Waals surface area contributed by atoms with E-state index in [-0.39, 0.29) is 11.5 Å². The number of hydrogen-bond donors (Lipinski definition) is 1. The summed E-state index contributed by atoms with van der Waals surface area (Å²) in [6.07, 6.45) is 0. The summed E-state index contributed by atoms with van der Waals surface area (Å²) in [6, 6.07) is 22.2. The third-order valence-electron chi connectivity index (χ3n) is 3.58. The van der Waals surface area contributed by atoms with Crippen LogP contribution >= 0.6 is 0 Å². The molecule has 3 rings (SSSR count). The molecule has 0 radical (unpaired) electrons. The lowest BCUT2D eigenvalue weighted by Crippen LogP contribution is -2.06. The van der Waals surface area contributed by atoms with Crippen LogP contribution in [0.5, 0.6) is 0 Å². The zero-order valence-electron chi connectivity index (χ0n) is 12.7. The molecular weight excluding hydrogens is 304 g/mol. The zero-order valence-corrected chi connectivity index (χ0v) is 12.7. The fourth-order valence-corrected chi connectivity index (χ4v) is 2.42. The van der Waals surface area contributed by atoms with Gasteiger partial charge in [-0.25, -0.2) is 0 Å². The van der Waals surface area contributed by atoms with Crippen molar-refractivity contribution in [1.29, 1.82) is 0 Å². The second-order valence-electron chi connectivity index (χ2n) is 5.14. The third-order valence-corrected chi connectivity index (χ3v) is 3.58. The largest absolute Gasteiger partial charge is 0.349 e. The first kappa shape index (κ1) is 15.4. The number of nitro groups is 1. The fourth-order valence-electron chi connectivity index (χ4n) is 2.42. The molecule has 0 aromatic heterocycles. The molecule has 0 spiro atoms. The van der Waals surface area contributed by atoms with Crippen molar-refractivity contribution in [3.8, 4) is 0 Å². The van der Waals surface area contributed by atoms with Gasteiger partial charge in [0.15, 0.2) is 5.78 Å². The average molecular weight is 318 g/mol. The van der Waals surface area contributed by atoms with Crippen LogP contribution in [0.4, 0.5) is 17.1 Å². The van der Waals surface area contributed by atoms with Crippen molar-refractivity contribution < 1.29 is 9.72 Å². The molecule has 0 unspecified atom stereocenters. The maximum Gasteiger partial charge on any atom is 0.292 e. The van der Waals surface area contributed by atoms with Crippen LogP contribution in [0.3, 0.4) is 0 Å². The molecule has 0 bridgehead atoms. The van der Waals surface area contributed by atoms with Gasteiger partial charge in [0.05, 0.1) is 4.92 Å². The minimum atomic E-state index is -0.454. The Labute approximate surface area is 138 Å². The molecule has 24 heavy (non-hydrogen) atoms. The van der Waals surface area contributed by atoms with E-state index in [0.717, 1.165) is 0 Å². The molecule has 5 heteroatoms. The first-order valence-corrected chi connectivity index (χ1v) is 7.36. The van der Waals surface area contributed by atoms with Crippen molar-refractivity contribution in [3.05, 3.63) is 100 Å². The van der Waals surface area contributed by atoms with Gasteiger partial charge in [-0.1, -0.05) is 54.6 Å². The lowest BCUT2D eigenvalue weighted by atomic mass is 10.0. The highest BCUT2D eigenvalue weighted by molar-refractivity contribution is 6.12. The van der Waals surface area contributed by atoms with Gasteiger partial charge < -0.3 is 5.32 Å². The summed E-state index contributed by atoms with van der Waals surface area (Å²) in [6.45, 7) is 0. The standard InChI is InChI=1S/C19H14N2O3/c22-19(14-8-2-1-3-9-14)15-10-4-5-11-16(15)20-17-12-6-7-13-18(17)21(23)24/h1-13,20H. The number of nitrogens with zero attached hydrogens (tertiary/aromatic N) is 1. The zero-order chi connectivity index (χ0) is 16.9. The van der Waals surface area contributed by atoms with Crippen LogP contribution in [0, 0.1) is 10.1 Å². The van der Waals surface area contributed by atoms with Crippen molar-refractivity contribution in [2.45, 2.75) is 0 Å². The Morgan fingerprint density at radius 2 is 1.38 bits per heavy atom. The van der Waals surface area contributed by atoms with Gasteiger partial charge in [-0.05, 0) is 18.2 Å². The molecule has 0 aliphatic rings. The van der Waals surface area contributed by atoms with Gasteiger partial charge in [-0.2, -0.15) is 0 Å². The Hall–Kier alpha value is -3.47. The topological polar surface area (TPSA) is 72.2 Å². The molecule has 5 nitrogen and oxygen atoms in total. The monoisotopic (exact) mass is 318 g/mol. The highest BCUT2D eigenvalue weighted by Crippen LogP contribution is 2.29. The number of para-hydroxylation sites is 3. The second kappa shape index (κ2) is 6.75. The molecular formula is C19H14N2O3. The number of carbonyl (C=O) groups excluding carboxylic acids is 1.